The van der Waals surface area contributed by atoms with Crippen LogP contribution in [0.4, 0.5) is 0 Å². The van der Waals surface area contributed by atoms with E-state index in [9.17, 15) is 0 Å². The topological polar surface area (TPSA) is 37.8 Å². The van der Waals surface area contributed by atoms with Crippen LogP contribution in [0.3, 0.4) is 0 Å². The van der Waals surface area contributed by atoms with Crippen molar-refractivity contribution in [2.75, 3.05) is 6.54 Å². The molecule has 1 unspecified atom stereocenters. The van der Waals surface area contributed by atoms with Crippen molar-refractivity contribution in [3.05, 3.63) is 23.0 Å². The molecule has 1 aromatic rings. The number of rotatable bonds is 6. The van der Waals surface area contributed by atoms with Crippen LogP contribution in [0, 0.1) is 19.3 Å². The molecule has 1 aromatic heterocycles. The number of aromatic nitrogens is 2. The smallest absolute Gasteiger partial charge is 0.0676 e. The van der Waals surface area contributed by atoms with Crippen LogP contribution < -0.4 is 5.32 Å². The number of aryl methyl sites for hydroxylation is 2. The second-order valence-electron chi connectivity index (χ2n) is 4.16. The Balaban J connectivity index is 2.98. The van der Waals surface area contributed by atoms with Gasteiger partial charge < -0.3 is 5.32 Å². The molecule has 0 fully saturated rings. The van der Waals surface area contributed by atoms with Gasteiger partial charge in [-0.1, -0.05) is 13.8 Å². The first-order valence-electron chi connectivity index (χ1n) is 6.22. The van der Waals surface area contributed by atoms with Gasteiger partial charge in [-0.15, -0.1) is 12.3 Å². The van der Waals surface area contributed by atoms with Crippen LogP contribution in [0.1, 0.15) is 49.7 Å². The van der Waals surface area contributed by atoms with Gasteiger partial charge in [-0.05, 0) is 37.9 Å². The summed E-state index contributed by atoms with van der Waals surface area (Å²) in [5.41, 5.74) is 3.18. The van der Waals surface area contributed by atoms with E-state index in [1.54, 1.807) is 0 Å². The van der Waals surface area contributed by atoms with Crippen molar-refractivity contribution in [3.8, 4) is 12.3 Å². The maximum absolute atomic E-state index is 5.44. The fourth-order valence-corrected chi connectivity index (χ4v) is 1.84. The molecule has 0 amide bonds. The highest BCUT2D eigenvalue weighted by Crippen LogP contribution is 2.20. The summed E-state index contributed by atoms with van der Waals surface area (Å²) in [6, 6.07) is 2.29. The Bertz CT molecular complexity index is 393. The Labute approximate surface area is 104 Å². The first-order chi connectivity index (χ1) is 8.22. The third-order valence-corrected chi connectivity index (χ3v) is 2.70. The quantitative estimate of drug-likeness (QED) is 0.764. The van der Waals surface area contributed by atoms with Gasteiger partial charge in [-0.3, -0.25) is 0 Å². The highest BCUT2D eigenvalue weighted by atomic mass is 15.1. The van der Waals surface area contributed by atoms with Gasteiger partial charge in [0.05, 0.1) is 11.4 Å². The SMILES string of the molecule is C#CCC(NCCC)c1cc(C)nnc1CC. The van der Waals surface area contributed by atoms with Gasteiger partial charge in [0.15, 0.2) is 0 Å². The Morgan fingerprint density at radius 3 is 2.76 bits per heavy atom. The molecule has 17 heavy (non-hydrogen) atoms. The summed E-state index contributed by atoms with van der Waals surface area (Å²) in [5.74, 6) is 2.74. The van der Waals surface area contributed by atoms with Crippen LogP contribution >= 0.6 is 0 Å². The molecule has 0 aromatic carbocycles. The van der Waals surface area contributed by atoms with E-state index in [0.29, 0.717) is 6.42 Å². The molecule has 3 heteroatoms. The molecule has 0 aliphatic carbocycles. The predicted molar refractivity (Wildman–Crippen MR) is 70.6 cm³/mol. The van der Waals surface area contributed by atoms with Crippen molar-refractivity contribution in [1.82, 2.24) is 15.5 Å². The molecule has 1 atom stereocenters. The van der Waals surface area contributed by atoms with Crippen molar-refractivity contribution in [1.29, 1.82) is 0 Å². The van der Waals surface area contributed by atoms with Gasteiger partial charge in [-0.25, -0.2) is 0 Å². The number of hydrogen-bond acceptors (Lipinski definition) is 3. The lowest BCUT2D eigenvalue weighted by Gasteiger charge is -2.19. The molecule has 0 radical (unpaired) electrons. The highest BCUT2D eigenvalue weighted by molar-refractivity contribution is 5.26. The molecule has 1 N–H and O–H groups in total. The van der Waals surface area contributed by atoms with E-state index in [1.807, 2.05) is 6.92 Å². The van der Waals surface area contributed by atoms with Gasteiger partial charge in [0.25, 0.3) is 0 Å². The summed E-state index contributed by atoms with van der Waals surface area (Å²) >= 11 is 0. The van der Waals surface area contributed by atoms with Crippen LogP contribution in [-0.4, -0.2) is 16.7 Å². The molecule has 0 aliphatic heterocycles. The largest absolute Gasteiger partial charge is 0.309 e. The Hall–Kier alpha value is -1.40. The molecule has 3 nitrogen and oxygen atoms in total. The summed E-state index contributed by atoms with van der Waals surface area (Å²) < 4.78 is 0. The zero-order valence-corrected chi connectivity index (χ0v) is 11.0. The monoisotopic (exact) mass is 231 g/mol. The van der Waals surface area contributed by atoms with E-state index >= 15 is 0 Å². The molecule has 0 spiro atoms. The van der Waals surface area contributed by atoms with E-state index in [1.165, 1.54) is 5.56 Å². The zero-order valence-electron chi connectivity index (χ0n) is 11.0. The third kappa shape index (κ3) is 3.83. The van der Waals surface area contributed by atoms with Gasteiger partial charge >= 0.3 is 0 Å². The minimum absolute atomic E-state index is 0.198. The molecular formula is C14H21N3. The average molecular weight is 231 g/mol. The summed E-state index contributed by atoms with van der Waals surface area (Å²) in [7, 11) is 0. The fraction of sp³-hybridized carbons (Fsp3) is 0.571. The molecule has 0 aliphatic rings. The van der Waals surface area contributed by atoms with Gasteiger partial charge in [-0.2, -0.15) is 10.2 Å². The first kappa shape index (κ1) is 13.7. The minimum Gasteiger partial charge on any atom is -0.309 e. The van der Waals surface area contributed by atoms with E-state index in [-0.39, 0.29) is 6.04 Å². The summed E-state index contributed by atoms with van der Waals surface area (Å²) in [6.45, 7) is 7.17. The zero-order chi connectivity index (χ0) is 12.7. The standard InChI is InChI=1S/C14H21N3/c1-5-8-14(15-9-6-2)12-10-11(4)16-17-13(12)7-3/h1,10,14-15H,6-9H2,2-4H3. The van der Waals surface area contributed by atoms with Crippen molar-refractivity contribution in [3.63, 3.8) is 0 Å². The predicted octanol–water partition coefficient (Wildman–Crippen LogP) is 2.41. The van der Waals surface area contributed by atoms with Crippen molar-refractivity contribution in [2.24, 2.45) is 0 Å². The van der Waals surface area contributed by atoms with Crippen LogP contribution in [0.5, 0.6) is 0 Å². The lowest BCUT2D eigenvalue weighted by atomic mass is 10.0. The van der Waals surface area contributed by atoms with Gasteiger partial charge in [0.2, 0.25) is 0 Å². The Kier molecular flexibility index (Phi) is 5.65. The first-order valence-corrected chi connectivity index (χ1v) is 6.22. The van der Waals surface area contributed by atoms with Crippen LogP contribution in [0.15, 0.2) is 6.07 Å². The van der Waals surface area contributed by atoms with Gasteiger partial charge in [0, 0.05) is 12.5 Å². The molecule has 1 rings (SSSR count). The van der Waals surface area contributed by atoms with Crippen molar-refractivity contribution < 1.29 is 0 Å². The van der Waals surface area contributed by atoms with Crippen molar-refractivity contribution >= 4 is 0 Å². The second-order valence-corrected chi connectivity index (χ2v) is 4.16. The normalized spacial score (nSPS) is 12.1. The molecule has 0 saturated heterocycles. The van der Waals surface area contributed by atoms with E-state index < -0.39 is 0 Å². The average Bonchev–Trinajstić information content (AvgIpc) is 2.34. The van der Waals surface area contributed by atoms with E-state index in [4.69, 9.17) is 6.42 Å². The lowest BCUT2D eigenvalue weighted by Crippen LogP contribution is -2.23. The van der Waals surface area contributed by atoms with Gasteiger partial charge in [0.1, 0.15) is 0 Å². The minimum atomic E-state index is 0.198. The molecule has 0 bridgehead atoms. The summed E-state index contributed by atoms with van der Waals surface area (Å²) in [6.07, 6.45) is 8.12. The fourth-order valence-electron chi connectivity index (χ4n) is 1.84. The van der Waals surface area contributed by atoms with E-state index in [2.05, 4.69) is 41.3 Å². The number of nitrogens with zero attached hydrogens (tertiary/aromatic N) is 2. The van der Waals surface area contributed by atoms with Crippen LogP contribution in [0.2, 0.25) is 0 Å². The maximum Gasteiger partial charge on any atom is 0.0676 e. The molecule has 92 valence electrons. The Morgan fingerprint density at radius 2 is 2.18 bits per heavy atom. The van der Waals surface area contributed by atoms with Crippen LogP contribution in [0.25, 0.3) is 0 Å². The molecule has 0 saturated carbocycles. The lowest BCUT2D eigenvalue weighted by molar-refractivity contribution is 0.534. The molecule has 1 heterocycles. The molecular weight excluding hydrogens is 210 g/mol. The summed E-state index contributed by atoms with van der Waals surface area (Å²) in [5, 5.41) is 11.8. The maximum atomic E-state index is 5.44. The number of terminal acetylenes is 1. The second kappa shape index (κ2) is 7.03. The number of hydrogen-bond donors (Lipinski definition) is 1. The number of nitrogens with one attached hydrogen (secondary N) is 1. The summed E-state index contributed by atoms with van der Waals surface area (Å²) in [4.78, 5) is 0. The van der Waals surface area contributed by atoms with Crippen molar-refractivity contribution in [2.45, 2.75) is 46.1 Å². The van der Waals surface area contributed by atoms with E-state index in [0.717, 1.165) is 30.8 Å². The van der Waals surface area contributed by atoms with Crippen LogP contribution in [-0.2, 0) is 6.42 Å². The highest BCUT2D eigenvalue weighted by Gasteiger charge is 2.14. The Morgan fingerprint density at radius 1 is 1.41 bits per heavy atom. The third-order valence-electron chi connectivity index (χ3n) is 2.70.